The van der Waals surface area contributed by atoms with Gasteiger partial charge in [0.25, 0.3) is 5.92 Å². The van der Waals surface area contributed by atoms with Crippen LogP contribution in [0.4, 0.5) is 8.78 Å². The van der Waals surface area contributed by atoms with Crippen LogP contribution in [0.1, 0.15) is 15.9 Å². The lowest BCUT2D eigenvalue weighted by molar-refractivity contribution is 0.0721. The number of carbonyl (C=O) groups is 1. The summed E-state index contributed by atoms with van der Waals surface area (Å²) in [5.74, 6) is -5.35. The van der Waals surface area contributed by atoms with E-state index in [0.717, 1.165) is 16.2 Å². The smallest absolute Gasteiger partial charge is 0.257 e. The van der Waals surface area contributed by atoms with Gasteiger partial charge in [-0.1, -0.05) is 42.5 Å². The van der Waals surface area contributed by atoms with Crippen LogP contribution in [0.2, 0.25) is 0 Å². The fourth-order valence-corrected chi connectivity index (χ4v) is 3.85. The number of hydrogen-bond donors (Lipinski definition) is 2. The molecule has 4 rings (SSSR count). The van der Waals surface area contributed by atoms with Gasteiger partial charge in [-0.15, -0.1) is 0 Å². The zero-order chi connectivity index (χ0) is 17.8. The van der Waals surface area contributed by atoms with Gasteiger partial charge in [0, 0.05) is 5.92 Å². The number of benzene rings is 3. The molecule has 0 bridgehead atoms. The highest BCUT2D eigenvalue weighted by atomic mass is 19.3. The third-order valence-electron chi connectivity index (χ3n) is 5.22. The van der Waals surface area contributed by atoms with Crippen LogP contribution in [0, 0.1) is 11.8 Å². The van der Waals surface area contributed by atoms with E-state index in [9.17, 15) is 13.6 Å². The summed E-state index contributed by atoms with van der Waals surface area (Å²) in [6, 6.07) is 14.7. The number of primary amides is 1. The lowest BCUT2D eigenvalue weighted by Gasteiger charge is -2.13. The van der Waals surface area contributed by atoms with E-state index < -0.39 is 30.3 Å². The maximum Gasteiger partial charge on any atom is 0.257 e. The van der Waals surface area contributed by atoms with Gasteiger partial charge in [-0.3, -0.25) is 4.79 Å². The molecule has 0 aromatic heterocycles. The Labute approximate surface area is 143 Å². The SMILES string of the molecule is NC(=O)c1c2ccccc2cc2cccc(CC3C(CO)C3(F)F)c12. The highest BCUT2D eigenvalue weighted by molar-refractivity contribution is 6.18. The highest BCUT2D eigenvalue weighted by Crippen LogP contribution is 2.56. The van der Waals surface area contributed by atoms with E-state index in [4.69, 9.17) is 10.8 Å². The molecule has 2 atom stereocenters. The normalized spacial score (nSPS) is 21.6. The number of nitrogens with two attached hydrogens (primary N) is 1. The Morgan fingerprint density at radius 2 is 1.80 bits per heavy atom. The molecule has 2 unspecified atom stereocenters. The van der Waals surface area contributed by atoms with Gasteiger partial charge in [0.05, 0.1) is 18.1 Å². The molecule has 1 fully saturated rings. The Hall–Kier alpha value is -2.53. The van der Waals surface area contributed by atoms with Crippen molar-refractivity contribution in [3.8, 4) is 0 Å². The van der Waals surface area contributed by atoms with Crippen molar-refractivity contribution in [3.63, 3.8) is 0 Å². The van der Waals surface area contributed by atoms with Crippen LogP contribution in [0.3, 0.4) is 0 Å². The van der Waals surface area contributed by atoms with Crippen molar-refractivity contribution in [2.75, 3.05) is 6.61 Å². The van der Waals surface area contributed by atoms with Crippen molar-refractivity contribution < 1.29 is 18.7 Å². The number of aliphatic hydroxyl groups excluding tert-OH is 1. The second-order valence-electron chi connectivity index (χ2n) is 6.63. The summed E-state index contributed by atoms with van der Waals surface area (Å²) in [5.41, 5.74) is 6.67. The molecular weight excluding hydrogens is 324 g/mol. The molecule has 25 heavy (non-hydrogen) atoms. The topological polar surface area (TPSA) is 63.3 Å². The second-order valence-corrected chi connectivity index (χ2v) is 6.63. The summed E-state index contributed by atoms with van der Waals surface area (Å²) in [5, 5.41) is 12.2. The molecule has 3 aromatic carbocycles. The first-order valence-electron chi connectivity index (χ1n) is 8.17. The third kappa shape index (κ3) is 2.38. The van der Waals surface area contributed by atoms with Crippen LogP contribution >= 0.6 is 0 Å². The molecule has 3 aromatic rings. The van der Waals surface area contributed by atoms with E-state index in [0.29, 0.717) is 16.5 Å². The minimum atomic E-state index is -2.86. The van der Waals surface area contributed by atoms with Gasteiger partial charge in [-0.05, 0) is 39.6 Å². The second kappa shape index (κ2) is 5.49. The average Bonchev–Trinajstić information content (AvgIpc) is 3.11. The summed E-state index contributed by atoms with van der Waals surface area (Å²) in [6.45, 7) is -0.534. The van der Waals surface area contributed by atoms with Gasteiger partial charge in [0.1, 0.15) is 0 Å². The molecule has 5 heteroatoms. The van der Waals surface area contributed by atoms with Crippen LogP contribution in [0.15, 0.2) is 48.5 Å². The number of fused-ring (bicyclic) bond motifs is 2. The van der Waals surface area contributed by atoms with E-state index in [1.807, 2.05) is 36.4 Å². The molecule has 1 amide bonds. The molecule has 3 N–H and O–H groups in total. The van der Waals surface area contributed by atoms with E-state index in [1.54, 1.807) is 12.1 Å². The van der Waals surface area contributed by atoms with Crippen molar-refractivity contribution >= 4 is 27.5 Å². The molecule has 3 nitrogen and oxygen atoms in total. The molecular formula is C20H17F2NO2. The van der Waals surface area contributed by atoms with E-state index in [1.165, 1.54) is 0 Å². The Morgan fingerprint density at radius 1 is 1.08 bits per heavy atom. The number of amides is 1. The third-order valence-corrected chi connectivity index (χ3v) is 5.22. The molecule has 0 spiro atoms. The highest BCUT2D eigenvalue weighted by Gasteiger charge is 2.67. The molecule has 128 valence electrons. The minimum Gasteiger partial charge on any atom is -0.396 e. The molecule has 0 aliphatic heterocycles. The summed E-state index contributed by atoms with van der Waals surface area (Å²) >= 11 is 0. The van der Waals surface area contributed by atoms with Gasteiger partial charge in [0.2, 0.25) is 5.91 Å². The molecule has 0 heterocycles. The van der Waals surface area contributed by atoms with Crippen molar-refractivity contribution in [2.45, 2.75) is 12.3 Å². The van der Waals surface area contributed by atoms with Crippen LogP contribution in [-0.2, 0) is 6.42 Å². The number of hydrogen-bond acceptors (Lipinski definition) is 2. The zero-order valence-corrected chi connectivity index (χ0v) is 13.4. The molecule has 1 aliphatic rings. The maximum atomic E-state index is 13.8. The summed E-state index contributed by atoms with van der Waals surface area (Å²) in [6.07, 6.45) is 0.105. The first kappa shape index (κ1) is 16.0. The summed E-state index contributed by atoms with van der Waals surface area (Å²) in [7, 11) is 0. The van der Waals surface area contributed by atoms with Crippen LogP contribution in [0.5, 0.6) is 0 Å². The lowest BCUT2D eigenvalue weighted by Crippen LogP contribution is -2.13. The summed E-state index contributed by atoms with van der Waals surface area (Å²) < 4.78 is 27.6. The van der Waals surface area contributed by atoms with Gasteiger partial charge in [-0.2, -0.15) is 0 Å². The maximum absolute atomic E-state index is 13.8. The van der Waals surface area contributed by atoms with Gasteiger partial charge >= 0.3 is 0 Å². The predicted molar refractivity (Wildman–Crippen MR) is 92.7 cm³/mol. The first-order valence-corrected chi connectivity index (χ1v) is 8.17. The Balaban J connectivity index is 1.94. The standard InChI is InChI=1S/C20H17F2NO2/c21-20(22)15(16(20)10-24)9-13-6-3-5-12-8-11-4-1-2-7-14(11)18(17(12)13)19(23)25/h1-8,15-16,24H,9-10H2,(H2,23,25). The number of aliphatic hydroxyl groups is 1. The number of halogens is 2. The molecule has 0 radical (unpaired) electrons. The predicted octanol–water partition coefficient (Wildman–Crippen LogP) is 3.51. The Morgan fingerprint density at radius 3 is 2.48 bits per heavy atom. The van der Waals surface area contributed by atoms with E-state index in [2.05, 4.69) is 0 Å². The molecule has 1 saturated carbocycles. The van der Waals surface area contributed by atoms with Gasteiger partial charge in [0.15, 0.2) is 0 Å². The lowest BCUT2D eigenvalue weighted by atomic mass is 9.91. The first-order chi connectivity index (χ1) is 11.9. The Bertz CT molecular complexity index is 1000. The van der Waals surface area contributed by atoms with Gasteiger partial charge < -0.3 is 10.8 Å². The average molecular weight is 341 g/mol. The minimum absolute atomic E-state index is 0.105. The van der Waals surface area contributed by atoms with Crippen molar-refractivity contribution in [1.29, 1.82) is 0 Å². The quantitative estimate of drug-likeness (QED) is 0.713. The molecule has 0 saturated heterocycles. The van der Waals surface area contributed by atoms with Crippen molar-refractivity contribution in [2.24, 2.45) is 17.6 Å². The van der Waals surface area contributed by atoms with Crippen LogP contribution < -0.4 is 5.73 Å². The fraction of sp³-hybridized carbons (Fsp3) is 0.250. The largest absolute Gasteiger partial charge is 0.396 e. The van der Waals surface area contributed by atoms with E-state index >= 15 is 0 Å². The Kier molecular flexibility index (Phi) is 3.51. The van der Waals surface area contributed by atoms with Crippen LogP contribution in [-0.4, -0.2) is 23.5 Å². The number of carbonyl (C=O) groups excluding carboxylic acids is 1. The fourth-order valence-electron chi connectivity index (χ4n) is 3.85. The summed E-state index contributed by atoms with van der Waals surface area (Å²) in [4.78, 5) is 12.2. The number of alkyl halides is 2. The van der Waals surface area contributed by atoms with Crippen molar-refractivity contribution in [1.82, 2.24) is 0 Å². The van der Waals surface area contributed by atoms with Crippen LogP contribution in [0.25, 0.3) is 21.5 Å². The number of rotatable bonds is 4. The monoisotopic (exact) mass is 341 g/mol. The van der Waals surface area contributed by atoms with E-state index in [-0.39, 0.29) is 6.42 Å². The zero-order valence-electron chi connectivity index (χ0n) is 13.4. The van der Waals surface area contributed by atoms with Crippen molar-refractivity contribution in [3.05, 3.63) is 59.7 Å². The van der Waals surface area contributed by atoms with Gasteiger partial charge in [-0.25, -0.2) is 8.78 Å². The molecule has 1 aliphatic carbocycles.